The maximum absolute atomic E-state index is 11.2. The summed E-state index contributed by atoms with van der Waals surface area (Å²) in [5.74, 6) is -1.18. The van der Waals surface area contributed by atoms with Crippen molar-refractivity contribution in [1.82, 2.24) is 5.32 Å². The Hall–Kier alpha value is -1.50. The molecule has 0 rings (SSSR count). The van der Waals surface area contributed by atoms with Gasteiger partial charge in [0.15, 0.2) is 0 Å². The SMILES string of the molecule is O=COC(/C=C/CS)CC(=O)NCC(=O)O. The van der Waals surface area contributed by atoms with E-state index >= 15 is 0 Å². The Bertz CT molecular complexity index is 279. The Balaban J connectivity index is 4.06. The molecule has 0 aliphatic heterocycles. The summed E-state index contributed by atoms with van der Waals surface area (Å²) < 4.78 is 4.61. The molecule has 0 radical (unpaired) electrons. The lowest BCUT2D eigenvalue weighted by Gasteiger charge is -2.10. The topological polar surface area (TPSA) is 92.7 Å². The zero-order chi connectivity index (χ0) is 12.4. The van der Waals surface area contributed by atoms with E-state index in [1.165, 1.54) is 6.08 Å². The monoisotopic (exact) mass is 247 g/mol. The van der Waals surface area contributed by atoms with E-state index in [0.29, 0.717) is 5.75 Å². The Labute approximate surface area is 98.1 Å². The number of amides is 1. The van der Waals surface area contributed by atoms with E-state index in [2.05, 4.69) is 22.7 Å². The van der Waals surface area contributed by atoms with Crippen LogP contribution in [-0.4, -0.2) is 41.9 Å². The van der Waals surface area contributed by atoms with Gasteiger partial charge in [-0.05, 0) is 6.08 Å². The van der Waals surface area contributed by atoms with Crippen LogP contribution in [0, 0.1) is 0 Å². The number of carbonyl (C=O) groups excluding carboxylic acids is 2. The van der Waals surface area contributed by atoms with Crippen LogP contribution in [-0.2, 0) is 19.1 Å². The van der Waals surface area contributed by atoms with Gasteiger partial charge in [-0.15, -0.1) is 0 Å². The van der Waals surface area contributed by atoms with Crippen LogP contribution in [0.25, 0.3) is 0 Å². The van der Waals surface area contributed by atoms with E-state index in [-0.39, 0.29) is 12.9 Å². The first-order valence-corrected chi connectivity index (χ1v) is 5.08. The molecule has 0 aromatic rings. The maximum atomic E-state index is 11.2. The second-order valence-electron chi connectivity index (χ2n) is 2.76. The van der Waals surface area contributed by atoms with E-state index in [1.54, 1.807) is 6.08 Å². The van der Waals surface area contributed by atoms with Crippen LogP contribution in [0.2, 0.25) is 0 Å². The molecule has 7 heteroatoms. The predicted molar refractivity (Wildman–Crippen MR) is 59.2 cm³/mol. The summed E-state index contributed by atoms with van der Waals surface area (Å²) in [4.78, 5) is 31.5. The molecular weight excluding hydrogens is 234 g/mol. The first-order chi connectivity index (χ1) is 7.60. The van der Waals surface area contributed by atoms with Gasteiger partial charge in [0.05, 0.1) is 6.42 Å². The first-order valence-electron chi connectivity index (χ1n) is 4.45. The fourth-order valence-corrected chi connectivity index (χ4v) is 0.996. The van der Waals surface area contributed by atoms with Crippen LogP contribution in [0.3, 0.4) is 0 Å². The van der Waals surface area contributed by atoms with Gasteiger partial charge in [0.2, 0.25) is 5.91 Å². The second-order valence-corrected chi connectivity index (χ2v) is 3.12. The van der Waals surface area contributed by atoms with Gasteiger partial charge in [-0.1, -0.05) is 6.08 Å². The third kappa shape index (κ3) is 7.86. The van der Waals surface area contributed by atoms with Crippen LogP contribution < -0.4 is 5.32 Å². The largest absolute Gasteiger partial charge is 0.480 e. The van der Waals surface area contributed by atoms with E-state index in [9.17, 15) is 14.4 Å². The van der Waals surface area contributed by atoms with Gasteiger partial charge >= 0.3 is 5.97 Å². The molecular formula is C9H13NO5S. The molecule has 0 spiro atoms. The van der Waals surface area contributed by atoms with Crippen molar-refractivity contribution in [3.63, 3.8) is 0 Å². The minimum atomic E-state index is -1.13. The summed E-state index contributed by atoms with van der Waals surface area (Å²) in [6.45, 7) is -0.221. The van der Waals surface area contributed by atoms with Gasteiger partial charge in [-0.3, -0.25) is 14.4 Å². The molecule has 90 valence electrons. The number of nitrogens with one attached hydrogen (secondary N) is 1. The molecule has 1 amide bonds. The van der Waals surface area contributed by atoms with Crippen molar-refractivity contribution >= 4 is 31.0 Å². The molecule has 0 aliphatic carbocycles. The zero-order valence-electron chi connectivity index (χ0n) is 8.46. The zero-order valence-corrected chi connectivity index (χ0v) is 9.35. The fraction of sp³-hybridized carbons (Fsp3) is 0.444. The molecule has 1 unspecified atom stereocenters. The highest BCUT2D eigenvalue weighted by Gasteiger charge is 2.12. The van der Waals surface area contributed by atoms with Gasteiger partial charge in [0.1, 0.15) is 12.6 Å². The molecule has 2 N–H and O–H groups in total. The van der Waals surface area contributed by atoms with Gasteiger partial charge in [-0.25, -0.2) is 0 Å². The number of rotatable bonds is 8. The Kier molecular flexibility index (Phi) is 7.96. The average Bonchev–Trinajstić information content (AvgIpc) is 2.23. The van der Waals surface area contributed by atoms with E-state index in [4.69, 9.17) is 5.11 Å². The van der Waals surface area contributed by atoms with Gasteiger partial charge in [-0.2, -0.15) is 12.6 Å². The van der Waals surface area contributed by atoms with E-state index in [1.807, 2.05) is 0 Å². The van der Waals surface area contributed by atoms with Crippen molar-refractivity contribution in [2.75, 3.05) is 12.3 Å². The van der Waals surface area contributed by atoms with Crippen LogP contribution in [0.1, 0.15) is 6.42 Å². The number of ether oxygens (including phenoxy) is 1. The van der Waals surface area contributed by atoms with Gasteiger partial charge in [0.25, 0.3) is 6.47 Å². The standard InChI is InChI=1S/C9H13NO5S/c11-6-15-7(2-1-3-16)4-8(12)10-5-9(13)14/h1-2,6-7,16H,3-5H2,(H,10,12)(H,13,14)/b2-1+. The van der Waals surface area contributed by atoms with Crippen LogP contribution >= 0.6 is 12.6 Å². The number of carbonyl (C=O) groups is 3. The minimum Gasteiger partial charge on any atom is -0.480 e. The molecule has 0 heterocycles. The summed E-state index contributed by atoms with van der Waals surface area (Å²) in [6.07, 6.45) is 2.33. The number of carboxylic acids is 1. The smallest absolute Gasteiger partial charge is 0.322 e. The normalized spacial score (nSPS) is 12.1. The van der Waals surface area contributed by atoms with Crippen molar-refractivity contribution in [2.24, 2.45) is 0 Å². The van der Waals surface area contributed by atoms with Crippen molar-refractivity contribution in [1.29, 1.82) is 0 Å². The summed E-state index contributed by atoms with van der Waals surface area (Å²) in [5, 5.41) is 10.5. The Morgan fingerprint density at radius 1 is 1.50 bits per heavy atom. The van der Waals surface area contributed by atoms with E-state index < -0.39 is 24.5 Å². The van der Waals surface area contributed by atoms with E-state index in [0.717, 1.165) is 0 Å². The highest BCUT2D eigenvalue weighted by Crippen LogP contribution is 1.99. The molecule has 0 aromatic heterocycles. The third-order valence-corrected chi connectivity index (χ3v) is 1.72. The third-order valence-electron chi connectivity index (χ3n) is 1.51. The molecule has 0 aliphatic rings. The van der Waals surface area contributed by atoms with Crippen molar-refractivity contribution in [2.45, 2.75) is 12.5 Å². The molecule has 0 saturated heterocycles. The molecule has 1 atom stereocenters. The number of hydrogen-bond acceptors (Lipinski definition) is 5. The minimum absolute atomic E-state index is 0.115. The highest BCUT2D eigenvalue weighted by atomic mass is 32.1. The molecule has 16 heavy (non-hydrogen) atoms. The summed E-state index contributed by atoms with van der Waals surface area (Å²) in [7, 11) is 0. The van der Waals surface area contributed by atoms with Gasteiger partial charge < -0.3 is 15.2 Å². The van der Waals surface area contributed by atoms with Crippen LogP contribution in [0.15, 0.2) is 12.2 Å². The number of thiol groups is 1. The van der Waals surface area contributed by atoms with Crippen molar-refractivity contribution in [3.05, 3.63) is 12.2 Å². The molecule has 6 nitrogen and oxygen atoms in total. The second kappa shape index (κ2) is 8.78. The van der Waals surface area contributed by atoms with Crippen LogP contribution in [0.4, 0.5) is 0 Å². The quantitative estimate of drug-likeness (QED) is 0.308. The molecule has 0 bridgehead atoms. The maximum Gasteiger partial charge on any atom is 0.322 e. The molecule has 0 aromatic carbocycles. The Morgan fingerprint density at radius 2 is 2.19 bits per heavy atom. The fourth-order valence-electron chi connectivity index (χ4n) is 0.875. The average molecular weight is 247 g/mol. The lowest BCUT2D eigenvalue weighted by molar-refractivity contribution is -0.139. The Morgan fingerprint density at radius 3 is 2.69 bits per heavy atom. The van der Waals surface area contributed by atoms with Crippen LogP contribution in [0.5, 0.6) is 0 Å². The summed E-state index contributed by atoms with van der Waals surface area (Å²) >= 11 is 3.91. The summed E-state index contributed by atoms with van der Waals surface area (Å²) in [6, 6.07) is 0. The van der Waals surface area contributed by atoms with Gasteiger partial charge in [0, 0.05) is 5.75 Å². The predicted octanol–water partition coefficient (Wildman–Crippen LogP) is -0.395. The highest BCUT2D eigenvalue weighted by molar-refractivity contribution is 7.80. The number of carboxylic acid groups (broad SMARTS) is 1. The lowest BCUT2D eigenvalue weighted by atomic mass is 10.2. The lowest BCUT2D eigenvalue weighted by Crippen LogP contribution is -2.32. The molecule has 0 saturated carbocycles. The van der Waals surface area contributed by atoms with Crippen molar-refractivity contribution < 1.29 is 24.2 Å². The first kappa shape index (κ1) is 14.5. The number of hydrogen-bond donors (Lipinski definition) is 3. The number of aliphatic carboxylic acids is 1. The van der Waals surface area contributed by atoms with Crippen molar-refractivity contribution in [3.8, 4) is 0 Å². The summed E-state index contributed by atoms with van der Waals surface area (Å²) in [5.41, 5.74) is 0. The molecule has 0 fully saturated rings.